The molecule has 0 spiro atoms. The highest BCUT2D eigenvalue weighted by atomic mass is 35.5. The van der Waals surface area contributed by atoms with Crippen LogP contribution in [-0.2, 0) is 6.18 Å². The Kier molecular flexibility index (Phi) is 3.25. The highest BCUT2D eigenvalue weighted by Crippen LogP contribution is 2.38. The molecule has 1 atom stereocenters. The van der Waals surface area contributed by atoms with E-state index >= 15 is 0 Å². The average Bonchev–Trinajstić information content (AvgIpc) is 2.15. The molecule has 0 amide bonds. The quantitative estimate of drug-likeness (QED) is 0.636. The molecule has 1 rings (SSSR count). The molecule has 1 unspecified atom stereocenters. The van der Waals surface area contributed by atoms with Gasteiger partial charge in [0.1, 0.15) is 0 Å². The summed E-state index contributed by atoms with van der Waals surface area (Å²) in [6.07, 6.45) is -4.47. The molecule has 80 valence electrons. The van der Waals surface area contributed by atoms with Crippen molar-refractivity contribution in [2.24, 2.45) is 0 Å². The van der Waals surface area contributed by atoms with E-state index in [4.69, 9.17) is 18.2 Å². The van der Waals surface area contributed by atoms with Gasteiger partial charge >= 0.3 is 6.18 Å². The fraction of sp³-hybridized carbons (Fsp3) is 0.300. The van der Waals surface area contributed by atoms with Gasteiger partial charge in [0.2, 0.25) is 6.04 Å². The van der Waals surface area contributed by atoms with Gasteiger partial charge in [-0.15, -0.1) is 0 Å². The fourth-order valence-electron chi connectivity index (χ4n) is 1.27. The van der Waals surface area contributed by atoms with Gasteiger partial charge in [0.05, 0.1) is 16.1 Å². The second kappa shape index (κ2) is 4.11. The zero-order chi connectivity index (χ0) is 11.6. The largest absolute Gasteiger partial charge is 0.417 e. The molecule has 5 heteroatoms. The summed E-state index contributed by atoms with van der Waals surface area (Å²) in [5.74, 6) is 0. The van der Waals surface area contributed by atoms with Crippen LogP contribution in [0.2, 0.25) is 5.02 Å². The van der Waals surface area contributed by atoms with Crippen molar-refractivity contribution in [1.29, 1.82) is 0 Å². The summed E-state index contributed by atoms with van der Waals surface area (Å²) in [5, 5.41) is -0.0201. The van der Waals surface area contributed by atoms with Gasteiger partial charge in [0, 0.05) is 6.92 Å². The van der Waals surface area contributed by atoms with Crippen LogP contribution in [0.1, 0.15) is 24.1 Å². The van der Waals surface area contributed by atoms with Gasteiger partial charge in [-0.2, -0.15) is 13.2 Å². The molecule has 0 aliphatic rings. The third kappa shape index (κ3) is 2.42. The molecule has 0 aliphatic heterocycles. The topological polar surface area (TPSA) is 4.36 Å². The Bertz CT molecular complexity index is 406. The number of rotatable bonds is 1. The van der Waals surface area contributed by atoms with Crippen LogP contribution in [0.15, 0.2) is 18.2 Å². The summed E-state index contributed by atoms with van der Waals surface area (Å²) < 4.78 is 37.7. The number of benzene rings is 1. The molecule has 0 saturated heterocycles. The zero-order valence-corrected chi connectivity index (χ0v) is 8.52. The average molecular weight is 234 g/mol. The van der Waals surface area contributed by atoms with Gasteiger partial charge in [-0.1, -0.05) is 17.7 Å². The van der Waals surface area contributed by atoms with Crippen LogP contribution in [0.25, 0.3) is 4.85 Å². The summed E-state index contributed by atoms with van der Waals surface area (Å²) in [5.41, 5.74) is -0.986. The van der Waals surface area contributed by atoms with Gasteiger partial charge in [-0.05, 0) is 12.1 Å². The van der Waals surface area contributed by atoms with E-state index in [0.717, 1.165) is 6.07 Å². The van der Waals surface area contributed by atoms with Crippen molar-refractivity contribution >= 4 is 11.6 Å². The second-order valence-corrected chi connectivity index (χ2v) is 3.41. The minimum Gasteiger partial charge on any atom is -0.309 e. The van der Waals surface area contributed by atoms with Crippen molar-refractivity contribution in [3.05, 3.63) is 45.8 Å². The molecule has 0 heterocycles. The molecule has 1 aromatic rings. The third-order valence-corrected chi connectivity index (χ3v) is 2.30. The smallest absolute Gasteiger partial charge is 0.309 e. The van der Waals surface area contributed by atoms with Crippen LogP contribution < -0.4 is 0 Å². The summed E-state index contributed by atoms with van der Waals surface area (Å²) >= 11 is 5.67. The van der Waals surface area contributed by atoms with Crippen molar-refractivity contribution in [1.82, 2.24) is 0 Å². The van der Waals surface area contributed by atoms with E-state index in [1.54, 1.807) is 0 Å². The zero-order valence-electron chi connectivity index (χ0n) is 7.77. The summed E-state index contributed by atoms with van der Waals surface area (Å²) in [4.78, 5) is 3.06. The first kappa shape index (κ1) is 11.9. The summed E-state index contributed by atoms with van der Waals surface area (Å²) in [6, 6.07) is 2.62. The van der Waals surface area contributed by atoms with E-state index in [9.17, 15) is 13.2 Å². The molecular weight excluding hydrogens is 227 g/mol. The number of alkyl halides is 3. The van der Waals surface area contributed by atoms with Crippen LogP contribution in [0.5, 0.6) is 0 Å². The SMILES string of the molecule is [C-]#[N+]C(C)c1c(Cl)cccc1C(F)(F)F. The molecule has 0 aromatic heterocycles. The van der Waals surface area contributed by atoms with E-state index < -0.39 is 17.8 Å². The van der Waals surface area contributed by atoms with Crippen LogP contribution in [0.3, 0.4) is 0 Å². The molecule has 15 heavy (non-hydrogen) atoms. The van der Waals surface area contributed by atoms with E-state index in [2.05, 4.69) is 4.85 Å². The minimum absolute atomic E-state index is 0.0201. The normalized spacial score (nSPS) is 13.3. The Morgan fingerprint density at radius 2 is 2.00 bits per heavy atom. The van der Waals surface area contributed by atoms with E-state index in [1.165, 1.54) is 19.1 Å². The second-order valence-electron chi connectivity index (χ2n) is 3.00. The van der Waals surface area contributed by atoms with Crippen molar-refractivity contribution in [3.8, 4) is 0 Å². The highest BCUT2D eigenvalue weighted by Gasteiger charge is 2.36. The fourth-order valence-corrected chi connectivity index (χ4v) is 1.61. The predicted octanol–water partition coefficient (Wildman–Crippen LogP) is 4.34. The lowest BCUT2D eigenvalue weighted by Crippen LogP contribution is -2.10. The van der Waals surface area contributed by atoms with Crippen molar-refractivity contribution < 1.29 is 13.2 Å². The Hall–Kier alpha value is -1.21. The molecule has 0 radical (unpaired) electrons. The molecular formula is C10H7ClF3N. The molecule has 0 bridgehead atoms. The van der Waals surface area contributed by atoms with Crippen LogP contribution in [0.4, 0.5) is 13.2 Å². The lowest BCUT2D eigenvalue weighted by molar-refractivity contribution is -0.138. The summed E-state index contributed by atoms with van der Waals surface area (Å²) in [7, 11) is 0. The maximum absolute atomic E-state index is 12.6. The number of hydrogen-bond donors (Lipinski definition) is 0. The Labute approximate surface area is 90.3 Å². The van der Waals surface area contributed by atoms with Crippen molar-refractivity contribution in [2.75, 3.05) is 0 Å². The van der Waals surface area contributed by atoms with Gasteiger partial charge in [-0.25, -0.2) is 6.57 Å². The standard InChI is InChI=1S/C10H7ClF3N/c1-6(15-2)9-7(10(12,13)14)4-3-5-8(9)11/h3-6H,1H3. The van der Waals surface area contributed by atoms with Crippen LogP contribution in [0, 0.1) is 6.57 Å². The molecule has 1 aromatic carbocycles. The lowest BCUT2D eigenvalue weighted by atomic mass is 10.0. The number of nitrogens with zero attached hydrogens (tertiary/aromatic N) is 1. The van der Waals surface area contributed by atoms with Gasteiger partial charge in [0.25, 0.3) is 0 Å². The van der Waals surface area contributed by atoms with Crippen LogP contribution in [-0.4, -0.2) is 0 Å². The number of hydrogen-bond acceptors (Lipinski definition) is 0. The molecule has 0 saturated carbocycles. The minimum atomic E-state index is -4.47. The Morgan fingerprint density at radius 3 is 2.47 bits per heavy atom. The maximum Gasteiger partial charge on any atom is 0.417 e. The summed E-state index contributed by atoms with van der Waals surface area (Å²) in [6.45, 7) is 8.14. The van der Waals surface area contributed by atoms with Gasteiger partial charge in [0.15, 0.2) is 0 Å². The van der Waals surface area contributed by atoms with E-state index in [0.29, 0.717) is 0 Å². The monoisotopic (exact) mass is 233 g/mol. The first-order valence-corrected chi connectivity index (χ1v) is 4.48. The highest BCUT2D eigenvalue weighted by molar-refractivity contribution is 6.31. The lowest BCUT2D eigenvalue weighted by Gasteiger charge is -2.13. The molecule has 1 nitrogen and oxygen atoms in total. The first-order chi connectivity index (χ1) is 6.88. The first-order valence-electron chi connectivity index (χ1n) is 4.10. The van der Waals surface area contributed by atoms with Crippen LogP contribution >= 0.6 is 11.6 Å². The number of halogens is 4. The molecule has 0 fully saturated rings. The predicted molar refractivity (Wildman–Crippen MR) is 51.5 cm³/mol. The molecule has 0 aliphatic carbocycles. The Balaban J connectivity index is 3.41. The maximum atomic E-state index is 12.6. The van der Waals surface area contributed by atoms with E-state index in [1.807, 2.05) is 0 Å². The third-order valence-electron chi connectivity index (χ3n) is 1.97. The van der Waals surface area contributed by atoms with Gasteiger partial charge in [-0.3, -0.25) is 0 Å². The van der Waals surface area contributed by atoms with Gasteiger partial charge < -0.3 is 4.85 Å². The Morgan fingerprint density at radius 1 is 1.40 bits per heavy atom. The van der Waals surface area contributed by atoms with Crippen molar-refractivity contribution in [2.45, 2.75) is 19.1 Å². The van der Waals surface area contributed by atoms with Crippen molar-refractivity contribution in [3.63, 3.8) is 0 Å². The molecule has 0 N–H and O–H groups in total. The van der Waals surface area contributed by atoms with E-state index in [-0.39, 0.29) is 10.6 Å².